The lowest BCUT2D eigenvalue weighted by atomic mass is 10.5. The van der Waals surface area contributed by atoms with E-state index in [1.807, 2.05) is 0 Å². The minimum Gasteiger partial charge on any atom is -0.379 e. The fourth-order valence-corrected chi connectivity index (χ4v) is 2.54. The van der Waals surface area contributed by atoms with Crippen molar-refractivity contribution in [1.29, 1.82) is 0 Å². The van der Waals surface area contributed by atoms with Crippen LogP contribution in [-0.4, -0.2) is 34.8 Å². The molecule has 0 bridgehead atoms. The van der Waals surface area contributed by atoms with Gasteiger partial charge in [-0.15, -0.1) is 0 Å². The topological polar surface area (TPSA) is 55.7 Å². The first-order valence-electron chi connectivity index (χ1n) is 4.13. The molecule has 0 aromatic heterocycles. The Kier molecular flexibility index (Phi) is 3.62. The molecule has 0 N–H and O–H groups in total. The van der Waals surface area contributed by atoms with E-state index in [0.717, 1.165) is 0 Å². The van der Waals surface area contributed by atoms with Crippen LogP contribution in [0, 0.1) is 0 Å². The van der Waals surface area contributed by atoms with Crippen LogP contribution in [-0.2, 0) is 19.3 Å². The summed E-state index contributed by atoms with van der Waals surface area (Å²) in [6, 6.07) is 0. The zero-order chi connectivity index (χ0) is 9.73. The van der Waals surface area contributed by atoms with E-state index in [4.69, 9.17) is 4.74 Å². The van der Waals surface area contributed by atoms with Crippen LogP contribution < -0.4 is 0 Å². The van der Waals surface area contributed by atoms with Gasteiger partial charge in [-0.1, -0.05) is 6.08 Å². The van der Waals surface area contributed by atoms with Crippen LogP contribution in [0.3, 0.4) is 0 Å². The third kappa shape index (κ3) is 3.28. The molecule has 1 amide bonds. The van der Waals surface area contributed by atoms with Gasteiger partial charge in [0.15, 0.2) is 0 Å². The molecule has 5 heteroatoms. The second-order valence-electron chi connectivity index (χ2n) is 2.72. The third-order valence-electron chi connectivity index (χ3n) is 1.66. The molecule has 0 spiro atoms. The van der Waals surface area contributed by atoms with Crippen molar-refractivity contribution in [2.24, 2.45) is 4.36 Å². The van der Waals surface area contributed by atoms with Gasteiger partial charge in [0.1, 0.15) is 0 Å². The highest BCUT2D eigenvalue weighted by molar-refractivity contribution is 7.94. The van der Waals surface area contributed by atoms with E-state index in [1.54, 1.807) is 13.0 Å². The smallest absolute Gasteiger partial charge is 0.277 e. The molecule has 0 radical (unpaired) electrons. The molecule has 1 aliphatic rings. The second-order valence-corrected chi connectivity index (χ2v) is 5.27. The first-order chi connectivity index (χ1) is 6.16. The lowest BCUT2D eigenvalue weighted by molar-refractivity contribution is -0.113. The number of rotatable bonds is 1. The average molecular weight is 203 g/mol. The minimum atomic E-state index is -2.31. The van der Waals surface area contributed by atoms with Crippen molar-refractivity contribution in [3.63, 3.8) is 0 Å². The minimum absolute atomic E-state index is 0.371. The number of ether oxygens (including phenoxy) is 1. The highest BCUT2D eigenvalue weighted by Gasteiger charge is 2.15. The van der Waals surface area contributed by atoms with Crippen molar-refractivity contribution in [2.45, 2.75) is 6.92 Å². The summed E-state index contributed by atoms with van der Waals surface area (Å²) in [7, 11) is -2.31. The lowest BCUT2D eigenvalue weighted by Gasteiger charge is -2.14. The van der Waals surface area contributed by atoms with Crippen LogP contribution in [0.1, 0.15) is 6.92 Å². The molecule has 0 aromatic carbocycles. The molecule has 1 aliphatic heterocycles. The largest absolute Gasteiger partial charge is 0.379 e. The van der Waals surface area contributed by atoms with Gasteiger partial charge >= 0.3 is 0 Å². The van der Waals surface area contributed by atoms with Gasteiger partial charge in [0.05, 0.1) is 34.4 Å². The molecule has 1 rings (SSSR count). The molecule has 4 nitrogen and oxygen atoms in total. The second kappa shape index (κ2) is 4.53. The Bertz CT molecular complexity index is 314. The van der Waals surface area contributed by atoms with Crippen LogP contribution in [0.2, 0.25) is 0 Å². The Morgan fingerprint density at radius 3 is 2.62 bits per heavy atom. The summed E-state index contributed by atoms with van der Waals surface area (Å²) in [5.74, 6) is 0.335. The van der Waals surface area contributed by atoms with Crippen molar-refractivity contribution in [3.8, 4) is 0 Å². The molecule has 1 heterocycles. The van der Waals surface area contributed by atoms with E-state index >= 15 is 0 Å². The monoisotopic (exact) mass is 203 g/mol. The molecule has 0 unspecified atom stereocenters. The quantitative estimate of drug-likeness (QED) is 0.586. The van der Waals surface area contributed by atoms with Gasteiger partial charge in [-0.05, 0) is 6.92 Å². The van der Waals surface area contributed by atoms with E-state index < -0.39 is 15.6 Å². The standard InChI is InChI=1S/C8H13NO3S/c1-2-3-8(10)9-13(11)6-4-12-5-7-13/h2-3H,4-7H2,1H3. The van der Waals surface area contributed by atoms with Crippen LogP contribution in [0.4, 0.5) is 0 Å². The van der Waals surface area contributed by atoms with Gasteiger partial charge in [-0.25, -0.2) is 4.21 Å². The summed E-state index contributed by atoms with van der Waals surface area (Å²) in [6.45, 7) is 2.60. The summed E-state index contributed by atoms with van der Waals surface area (Å²) in [5, 5.41) is 0. The van der Waals surface area contributed by atoms with Crippen molar-refractivity contribution in [3.05, 3.63) is 12.2 Å². The lowest BCUT2D eigenvalue weighted by Crippen LogP contribution is -2.26. The molecule has 13 heavy (non-hydrogen) atoms. The van der Waals surface area contributed by atoms with Crippen molar-refractivity contribution < 1.29 is 13.7 Å². The molecular weight excluding hydrogens is 190 g/mol. The summed E-state index contributed by atoms with van der Waals surface area (Å²) >= 11 is 0. The molecular formula is C8H13NO3S. The highest BCUT2D eigenvalue weighted by Crippen LogP contribution is 2.04. The normalized spacial score (nSPS) is 21.6. The fraction of sp³-hybridized carbons (Fsp3) is 0.625. The van der Waals surface area contributed by atoms with Gasteiger partial charge in [0.2, 0.25) is 0 Å². The van der Waals surface area contributed by atoms with E-state index in [9.17, 15) is 9.00 Å². The van der Waals surface area contributed by atoms with Gasteiger partial charge in [-0.2, -0.15) is 4.36 Å². The van der Waals surface area contributed by atoms with Gasteiger partial charge in [0, 0.05) is 6.08 Å². The van der Waals surface area contributed by atoms with Gasteiger partial charge in [-0.3, -0.25) is 4.79 Å². The maximum atomic E-state index is 11.8. The Morgan fingerprint density at radius 2 is 2.08 bits per heavy atom. The Labute approximate surface area is 78.2 Å². The summed E-state index contributed by atoms with van der Waals surface area (Å²) in [5.41, 5.74) is 0. The van der Waals surface area contributed by atoms with Crippen LogP contribution in [0.15, 0.2) is 16.5 Å². The number of carbonyl (C=O) groups is 1. The van der Waals surface area contributed by atoms with Crippen LogP contribution >= 0.6 is 0 Å². The number of amides is 1. The predicted octanol–water partition coefficient (Wildman–Crippen LogP) is 0.587. The van der Waals surface area contributed by atoms with Gasteiger partial charge in [0.25, 0.3) is 5.91 Å². The number of hydrogen-bond donors (Lipinski definition) is 0. The maximum Gasteiger partial charge on any atom is 0.277 e. The fourth-order valence-electron chi connectivity index (χ4n) is 1.01. The Balaban J connectivity index is 2.78. The van der Waals surface area contributed by atoms with Crippen molar-refractivity contribution in [2.75, 3.05) is 24.7 Å². The number of carbonyl (C=O) groups excluding carboxylic acids is 1. The van der Waals surface area contributed by atoms with Gasteiger partial charge < -0.3 is 4.74 Å². The van der Waals surface area contributed by atoms with E-state index in [1.165, 1.54) is 6.08 Å². The molecule has 0 aliphatic carbocycles. The Morgan fingerprint density at radius 1 is 1.46 bits per heavy atom. The van der Waals surface area contributed by atoms with Crippen molar-refractivity contribution in [1.82, 2.24) is 0 Å². The maximum absolute atomic E-state index is 11.8. The molecule has 0 atom stereocenters. The number of hydrogen-bond acceptors (Lipinski definition) is 3. The first-order valence-corrected chi connectivity index (χ1v) is 5.98. The average Bonchev–Trinajstić information content (AvgIpc) is 2.04. The first kappa shape index (κ1) is 10.4. The van der Waals surface area contributed by atoms with E-state index in [2.05, 4.69) is 4.36 Å². The Hall–Kier alpha value is -0.680. The summed E-state index contributed by atoms with van der Waals surface area (Å²) in [6.07, 6.45) is 2.91. The van der Waals surface area contributed by atoms with E-state index in [-0.39, 0.29) is 0 Å². The summed E-state index contributed by atoms with van der Waals surface area (Å²) in [4.78, 5) is 11.0. The zero-order valence-electron chi connectivity index (χ0n) is 7.56. The molecule has 1 saturated heterocycles. The predicted molar refractivity (Wildman–Crippen MR) is 50.9 cm³/mol. The highest BCUT2D eigenvalue weighted by atomic mass is 32.2. The van der Waals surface area contributed by atoms with Crippen LogP contribution in [0.25, 0.3) is 0 Å². The molecule has 0 aromatic rings. The van der Waals surface area contributed by atoms with E-state index in [0.29, 0.717) is 24.7 Å². The molecule has 0 saturated carbocycles. The number of allylic oxidation sites excluding steroid dienone is 1. The zero-order valence-corrected chi connectivity index (χ0v) is 8.38. The number of nitrogens with zero attached hydrogens (tertiary/aromatic N) is 1. The van der Waals surface area contributed by atoms with Crippen molar-refractivity contribution >= 4 is 15.6 Å². The molecule has 1 fully saturated rings. The molecule has 74 valence electrons. The SMILES string of the molecule is CC=CC(=O)N=S1(=O)CCOCC1. The van der Waals surface area contributed by atoms with Crippen LogP contribution in [0.5, 0.6) is 0 Å². The third-order valence-corrected chi connectivity index (χ3v) is 3.78. The summed E-state index contributed by atoms with van der Waals surface area (Å²) < 4.78 is 20.5.